The Morgan fingerprint density at radius 1 is 1.50 bits per heavy atom. The zero-order valence-corrected chi connectivity index (χ0v) is 13.4. The fourth-order valence-corrected chi connectivity index (χ4v) is 2.63. The van der Waals surface area contributed by atoms with Crippen molar-refractivity contribution >= 4 is 39.3 Å². The molecule has 0 bridgehead atoms. The van der Waals surface area contributed by atoms with E-state index in [9.17, 15) is 9.59 Å². The van der Waals surface area contributed by atoms with E-state index in [1.807, 2.05) is 0 Å². The first-order valence-electron chi connectivity index (χ1n) is 5.85. The molecular weight excluding hydrogens is 344 g/mol. The van der Waals surface area contributed by atoms with Crippen LogP contribution in [-0.4, -0.2) is 25.2 Å². The van der Waals surface area contributed by atoms with Crippen molar-refractivity contribution in [3.63, 3.8) is 0 Å². The van der Waals surface area contributed by atoms with E-state index in [-0.39, 0.29) is 5.56 Å². The third kappa shape index (κ3) is 3.21. The first-order valence-corrected chi connectivity index (χ1v) is 7.63. The van der Waals surface area contributed by atoms with Crippen LogP contribution in [0.4, 0.5) is 0 Å². The van der Waals surface area contributed by atoms with Crippen molar-refractivity contribution in [3.05, 3.63) is 44.9 Å². The highest BCUT2D eigenvalue weighted by molar-refractivity contribution is 9.10. The quantitative estimate of drug-likeness (QED) is 0.911. The van der Waals surface area contributed by atoms with Gasteiger partial charge in [-0.3, -0.25) is 14.0 Å². The van der Waals surface area contributed by atoms with Crippen LogP contribution in [0.2, 0.25) is 0 Å². The summed E-state index contributed by atoms with van der Waals surface area (Å²) in [6, 6.07) is 4.98. The molecule has 7 heteroatoms. The highest BCUT2D eigenvalue weighted by Gasteiger charge is 2.27. The van der Waals surface area contributed by atoms with E-state index in [0.29, 0.717) is 17.1 Å². The van der Waals surface area contributed by atoms with Crippen molar-refractivity contribution in [1.29, 1.82) is 0 Å². The molecule has 0 unspecified atom stereocenters. The van der Waals surface area contributed by atoms with Crippen molar-refractivity contribution in [1.82, 2.24) is 9.38 Å². The molecule has 2 aromatic heterocycles. The number of pyridine rings is 1. The molecule has 0 fully saturated rings. The molecular formula is C13H13BrN2O3S. The van der Waals surface area contributed by atoms with Gasteiger partial charge in [0.2, 0.25) is 0 Å². The zero-order valence-electron chi connectivity index (χ0n) is 11.0. The number of nitrogens with zero attached hydrogens (tertiary/aromatic N) is 2. The van der Waals surface area contributed by atoms with Crippen LogP contribution >= 0.6 is 27.7 Å². The number of thioether (sulfide) groups is 1. The maximum atomic E-state index is 12.0. The smallest absolute Gasteiger partial charge is 0.319 e. The summed E-state index contributed by atoms with van der Waals surface area (Å²) < 4.78 is 1.33. The Kier molecular flexibility index (Phi) is 4.19. The summed E-state index contributed by atoms with van der Waals surface area (Å²) in [4.78, 5) is 27.4. The lowest BCUT2D eigenvalue weighted by Gasteiger charge is -2.17. The van der Waals surface area contributed by atoms with Crippen LogP contribution in [-0.2, 0) is 10.5 Å². The molecule has 0 aliphatic heterocycles. The van der Waals surface area contributed by atoms with Crippen molar-refractivity contribution in [2.75, 3.05) is 0 Å². The maximum Gasteiger partial charge on any atom is 0.319 e. The van der Waals surface area contributed by atoms with Crippen molar-refractivity contribution in [3.8, 4) is 0 Å². The van der Waals surface area contributed by atoms with Gasteiger partial charge in [-0.15, -0.1) is 11.8 Å². The van der Waals surface area contributed by atoms with Gasteiger partial charge in [-0.2, -0.15) is 0 Å². The number of halogens is 1. The Bertz CT molecular complexity index is 727. The minimum Gasteiger partial charge on any atom is -0.480 e. The number of rotatable bonds is 4. The summed E-state index contributed by atoms with van der Waals surface area (Å²) in [6.07, 6.45) is 1.66. The zero-order chi connectivity index (χ0) is 14.9. The number of carboxylic acid groups (broad SMARTS) is 1. The van der Waals surface area contributed by atoms with Crippen molar-refractivity contribution in [2.24, 2.45) is 0 Å². The molecule has 106 valence electrons. The van der Waals surface area contributed by atoms with Gasteiger partial charge < -0.3 is 5.11 Å². The maximum absolute atomic E-state index is 12.0. The molecule has 2 heterocycles. The molecule has 20 heavy (non-hydrogen) atoms. The lowest BCUT2D eigenvalue weighted by atomic mass is 10.2. The van der Waals surface area contributed by atoms with Gasteiger partial charge in [0.15, 0.2) is 0 Å². The summed E-state index contributed by atoms with van der Waals surface area (Å²) in [7, 11) is 0. The lowest BCUT2D eigenvalue weighted by molar-refractivity contribution is -0.138. The standard InChI is InChI=1S/C13H13BrN2O3S/c1-13(2,12(18)19)20-7-9-5-11(17)16-6-8(14)3-4-10(16)15-9/h3-6H,7H2,1-2H3,(H,18,19). The van der Waals surface area contributed by atoms with Crippen LogP contribution in [0, 0.1) is 0 Å². The Morgan fingerprint density at radius 2 is 2.20 bits per heavy atom. The van der Waals surface area contributed by atoms with Gasteiger partial charge in [-0.1, -0.05) is 0 Å². The Hall–Kier alpha value is -1.34. The fourth-order valence-electron chi connectivity index (χ4n) is 1.52. The van der Waals surface area contributed by atoms with Gasteiger partial charge >= 0.3 is 5.97 Å². The summed E-state index contributed by atoms with van der Waals surface area (Å²) >= 11 is 4.54. The van der Waals surface area contributed by atoms with E-state index in [1.165, 1.54) is 22.2 Å². The highest BCUT2D eigenvalue weighted by Crippen LogP contribution is 2.27. The second kappa shape index (κ2) is 5.57. The molecule has 2 rings (SSSR count). The molecule has 0 saturated carbocycles. The average molecular weight is 357 g/mol. The van der Waals surface area contributed by atoms with Crippen molar-refractivity contribution < 1.29 is 9.90 Å². The third-order valence-electron chi connectivity index (χ3n) is 2.77. The van der Waals surface area contributed by atoms with Crippen LogP contribution in [0.3, 0.4) is 0 Å². The van der Waals surface area contributed by atoms with Gasteiger partial charge in [0, 0.05) is 22.5 Å². The van der Waals surface area contributed by atoms with E-state index in [2.05, 4.69) is 20.9 Å². The van der Waals surface area contributed by atoms with Gasteiger partial charge in [-0.25, -0.2) is 4.98 Å². The van der Waals surface area contributed by atoms with Gasteiger partial charge in [-0.05, 0) is 41.9 Å². The summed E-state index contributed by atoms with van der Waals surface area (Å²) in [5.74, 6) is -0.509. The number of hydrogen-bond donors (Lipinski definition) is 1. The minimum atomic E-state index is -0.910. The molecule has 0 aromatic carbocycles. The number of aromatic nitrogens is 2. The lowest BCUT2D eigenvalue weighted by Crippen LogP contribution is -2.27. The number of fused-ring (bicyclic) bond motifs is 1. The number of carboxylic acids is 1. The molecule has 5 nitrogen and oxygen atoms in total. The fraction of sp³-hybridized carbons (Fsp3) is 0.308. The van der Waals surface area contributed by atoms with E-state index in [1.54, 1.807) is 32.2 Å². The summed E-state index contributed by atoms with van der Waals surface area (Å²) in [5.41, 5.74) is 0.945. The second-order valence-corrected chi connectivity index (χ2v) is 7.28. The molecule has 0 atom stereocenters. The van der Waals surface area contributed by atoms with Crippen LogP contribution in [0.1, 0.15) is 19.5 Å². The number of aliphatic carboxylic acids is 1. The van der Waals surface area contributed by atoms with E-state index in [4.69, 9.17) is 5.11 Å². The molecule has 0 spiro atoms. The van der Waals surface area contributed by atoms with E-state index >= 15 is 0 Å². The van der Waals surface area contributed by atoms with E-state index in [0.717, 1.165) is 4.47 Å². The molecule has 1 N–H and O–H groups in total. The topological polar surface area (TPSA) is 71.7 Å². The van der Waals surface area contributed by atoms with Crippen LogP contribution < -0.4 is 5.56 Å². The molecule has 0 amide bonds. The first-order chi connectivity index (χ1) is 9.29. The Morgan fingerprint density at radius 3 is 2.85 bits per heavy atom. The molecule has 0 saturated heterocycles. The largest absolute Gasteiger partial charge is 0.480 e. The molecule has 0 radical (unpaired) electrons. The van der Waals surface area contributed by atoms with Gasteiger partial charge in [0.25, 0.3) is 5.56 Å². The molecule has 0 aliphatic rings. The van der Waals surface area contributed by atoms with E-state index < -0.39 is 10.7 Å². The van der Waals surface area contributed by atoms with Gasteiger partial charge in [0.05, 0.1) is 5.69 Å². The second-order valence-electron chi connectivity index (χ2n) is 4.77. The van der Waals surface area contributed by atoms with Crippen LogP contribution in [0.25, 0.3) is 5.65 Å². The molecule has 0 aliphatic carbocycles. The van der Waals surface area contributed by atoms with Crippen molar-refractivity contribution in [2.45, 2.75) is 24.3 Å². The van der Waals surface area contributed by atoms with Crippen LogP contribution in [0.15, 0.2) is 33.7 Å². The monoisotopic (exact) mass is 356 g/mol. The molecule has 2 aromatic rings. The summed E-state index contributed by atoms with van der Waals surface area (Å²) in [6.45, 7) is 3.26. The predicted molar refractivity (Wildman–Crippen MR) is 82.2 cm³/mol. The Labute approximate surface area is 128 Å². The SMILES string of the molecule is CC(C)(SCc1cc(=O)n2cc(Br)ccc2n1)C(=O)O. The predicted octanol–water partition coefficient (Wildman–Crippen LogP) is 2.55. The third-order valence-corrected chi connectivity index (χ3v) is 4.58. The number of hydrogen-bond acceptors (Lipinski definition) is 4. The normalized spacial score (nSPS) is 11.8. The summed E-state index contributed by atoms with van der Waals surface area (Å²) in [5, 5.41) is 9.06. The minimum absolute atomic E-state index is 0.181. The number of carbonyl (C=O) groups is 1. The van der Waals surface area contributed by atoms with Gasteiger partial charge in [0.1, 0.15) is 10.4 Å². The average Bonchev–Trinajstić information content (AvgIpc) is 2.37. The first kappa shape index (κ1) is 15.1. The highest BCUT2D eigenvalue weighted by atomic mass is 79.9. The Balaban J connectivity index is 2.31. The van der Waals surface area contributed by atoms with Crippen LogP contribution in [0.5, 0.6) is 0 Å².